The van der Waals surface area contributed by atoms with Gasteiger partial charge in [0.05, 0.1) is 6.04 Å². The van der Waals surface area contributed by atoms with Crippen LogP contribution in [0.4, 0.5) is 0 Å². The molecule has 3 nitrogen and oxygen atoms in total. The van der Waals surface area contributed by atoms with Gasteiger partial charge in [-0.3, -0.25) is 9.59 Å². The number of hydrogen-bond acceptors (Lipinski definition) is 2. The number of nitrogens with one attached hydrogen (secondary N) is 1. The van der Waals surface area contributed by atoms with E-state index in [-0.39, 0.29) is 5.91 Å². The molecule has 0 aliphatic rings. The topological polar surface area (TPSA) is 46.2 Å². The van der Waals surface area contributed by atoms with Crippen LogP contribution in [0.5, 0.6) is 0 Å². The maximum Gasteiger partial charge on any atom is 0.222 e. The molecule has 3 heteroatoms. The lowest BCUT2D eigenvalue weighted by Gasteiger charge is -2.08. The maximum atomic E-state index is 10.5. The second kappa shape index (κ2) is 5.89. The first-order valence-electron chi connectivity index (χ1n) is 3.85. The maximum absolute atomic E-state index is 10.5. The average Bonchev–Trinajstić information content (AvgIpc) is 1.97. The van der Waals surface area contributed by atoms with Gasteiger partial charge in [-0.25, -0.2) is 0 Å². The van der Waals surface area contributed by atoms with E-state index in [0.717, 1.165) is 12.8 Å². The quantitative estimate of drug-likeness (QED) is 0.639. The van der Waals surface area contributed by atoms with E-state index in [2.05, 4.69) is 5.32 Å². The molecule has 0 aliphatic heterocycles. The van der Waals surface area contributed by atoms with Gasteiger partial charge < -0.3 is 5.32 Å². The van der Waals surface area contributed by atoms with Crippen molar-refractivity contribution in [3.63, 3.8) is 0 Å². The largest absolute Gasteiger partial charge is 0.346 e. The fraction of sp³-hybridized carbons (Fsp3) is 0.750. The van der Waals surface area contributed by atoms with Gasteiger partial charge in [-0.2, -0.15) is 0 Å². The van der Waals surface area contributed by atoms with Gasteiger partial charge in [0.15, 0.2) is 0 Å². The van der Waals surface area contributed by atoms with Crippen LogP contribution >= 0.6 is 0 Å². The first-order chi connectivity index (χ1) is 5.20. The second-order valence-electron chi connectivity index (χ2n) is 2.51. The summed E-state index contributed by atoms with van der Waals surface area (Å²) in [6, 6.07) is -0.410. The number of amides is 1. The van der Waals surface area contributed by atoms with Crippen molar-refractivity contribution < 1.29 is 9.59 Å². The Morgan fingerprint density at radius 3 is 2.64 bits per heavy atom. The third kappa shape index (κ3) is 5.58. The van der Waals surface area contributed by atoms with Gasteiger partial charge in [0.1, 0.15) is 0 Å². The number of carbonyl (C=O) groups is 1. The molecule has 1 unspecified atom stereocenters. The Morgan fingerprint density at radius 1 is 1.64 bits per heavy atom. The van der Waals surface area contributed by atoms with E-state index < -0.39 is 6.04 Å². The number of carbonyl (C=O) groups excluding carboxylic acids is 2. The molecule has 0 saturated heterocycles. The van der Waals surface area contributed by atoms with Crippen molar-refractivity contribution in [3.8, 4) is 0 Å². The van der Waals surface area contributed by atoms with E-state index in [1.165, 1.54) is 6.92 Å². The molecule has 0 rings (SSSR count). The van der Waals surface area contributed by atoms with Crippen molar-refractivity contribution in [3.05, 3.63) is 0 Å². The van der Waals surface area contributed by atoms with E-state index in [1.54, 1.807) is 6.29 Å². The Labute approximate surface area is 67.2 Å². The summed E-state index contributed by atoms with van der Waals surface area (Å²) >= 11 is 0. The zero-order valence-electron chi connectivity index (χ0n) is 7.02. The van der Waals surface area contributed by atoms with Gasteiger partial charge in [0.2, 0.25) is 12.2 Å². The van der Waals surface area contributed by atoms with E-state index in [0.29, 0.717) is 6.42 Å². The summed E-state index contributed by atoms with van der Waals surface area (Å²) in [5.41, 5.74) is 0. The van der Waals surface area contributed by atoms with Crippen LogP contribution in [0.2, 0.25) is 0 Å². The number of rotatable bonds is 5. The molecule has 63 valence electrons. The zero-order chi connectivity index (χ0) is 8.69. The number of hydrogen-bond donors (Lipinski definition) is 1. The van der Waals surface area contributed by atoms with Crippen LogP contribution in [-0.4, -0.2) is 18.2 Å². The Balaban J connectivity index is 3.57. The van der Waals surface area contributed by atoms with Crippen LogP contribution in [0.3, 0.4) is 0 Å². The third-order valence-corrected chi connectivity index (χ3v) is 1.37. The standard InChI is InChI=1S/C8H14NO2/c1-3-4-5-8(6-10)9-7(2)11/h8H,3-5H2,1-2H3,(H,9,11). The molecular formula is C8H14NO2. The molecule has 1 N–H and O–H groups in total. The summed E-state index contributed by atoms with van der Waals surface area (Å²) in [6.45, 7) is 3.44. The minimum atomic E-state index is -0.410. The van der Waals surface area contributed by atoms with Crippen molar-refractivity contribution in [2.75, 3.05) is 0 Å². The minimum Gasteiger partial charge on any atom is -0.346 e. The highest BCUT2D eigenvalue weighted by Crippen LogP contribution is 1.97. The zero-order valence-corrected chi connectivity index (χ0v) is 7.02. The van der Waals surface area contributed by atoms with E-state index in [9.17, 15) is 9.59 Å². The average molecular weight is 156 g/mol. The molecule has 1 amide bonds. The van der Waals surface area contributed by atoms with Crippen molar-refractivity contribution in [2.45, 2.75) is 39.2 Å². The highest BCUT2D eigenvalue weighted by Gasteiger charge is 2.07. The van der Waals surface area contributed by atoms with Gasteiger partial charge in [-0.1, -0.05) is 19.8 Å². The molecule has 0 fully saturated rings. The van der Waals surface area contributed by atoms with Crippen molar-refractivity contribution >= 4 is 12.2 Å². The molecule has 1 atom stereocenters. The molecule has 0 heterocycles. The fourth-order valence-electron chi connectivity index (χ4n) is 0.814. The molecule has 0 aromatic carbocycles. The Bertz CT molecular complexity index is 134. The van der Waals surface area contributed by atoms with Gasteiger partial charge in [0.25, 0.3) is 0 Å². The lowest BCUT2D eigenvalue weighted by atomic mass is 10.1. The Hall–Kier alpha value is -0.860. The van der Waals surface area contributed by atoms with Crippen LogP contribution in [0.25, 0.3) is 0 Å². The van der Waals surface area contributed by atoms with Crippen molar-refractivity contribution in [2.24, 2.45) is 0 Å². The summed E-state index contributed by atoms with van der Waals surface area (Å²) in [4.78, 5) is 20.7. The molecule has 11 heavy (non-hydrogen) atoms. The summed E-state index contributed by atoms with van der Waals surface area (Å²) in [7, 11) is 0. The smallest absolute Gasteiger partial charge is 0.222 e. The lowest BCUT2D eigenvalue weighted by molar-refractivity contribution is -0.119. The highest BCUT2D eigenvalue weighted by molar-refractivity contribution is 5.77. The summed E-state index contributed by atoms with van der Waals surface area (Å²) in [5.74, 6) is -0.172. The lowest BCUT2D eigenvalue weighted by Crippen LogP contribution is -2.34. The minimum absolute atomic E-state index is 0.172. The molecule has 0 spiro atoms. The van der Waals surface area contributed by atoms with Gasteiger partial charge in [-0.15, -0.1) is 0 Å². The van der Waals surface area contributed by atoms with E-state index in [1.807, 2.05) is 6.92 Å². The number of unbranched alkanes of at least 4 members (excludes halogenated alkanes) is 1. The van der Waals surface area contributed by atoms with Crippen molar-refractivity contribution in [1.82, 2.24) is 5.32 Å². The van der Waals surface area contributed by atoms with Gasteiger partial charge in [0, 0.05) is 6.92 Å². The fourth-order valence-corrected chi connectivity index (χ4v) is 0.814. The molecule has 0 bridgehead atoms. The molecule has 0 aliphatic carbocycles. The van der Waals surface area contributed by atoms with Gasteiger partial charge >= 0.3 is 0 Å². The predicted octanol–water partition coefficient (Wildman–Crippen LogP) is 0.791. The van der Waals surface area contributed by atoms with Crippen LogP contribution in [-0.2, 0) is 9.59 Å². The molecule has 1 radical (unpaired) electrons. The van der Waals surface area contributed by atoms with Crippen LogP contribution in [0, 0.1) is 0 Å². The van der Waals surface area contributed by atoms with Crippen LogP contribution < -0.4 is 5.32 Å². The Morgan fingerprint density at radius 2 is 2.27 bits per heavy atom. The van der Waals surface area contributed by atoms with Gasteiger partial charge in [-0.05, 0) is 6.42 Å². The van der Waals surface area contributed by atoms with Crippen LogP contribution in [0.1, 0.15) is 33.1 Å². The van der Waals surface area contributed by atoms with E-state index in [4.69, 9.17) is 0 Å². The molecule has 0 aromatic rings. The summed E-state index contributed by atoms with van der Waals surface area (Å²) in [6.07, 6.45) is 4.45. The highest BCUT2D eigenvalue weighted by atomic mass is 16.2. The normalized spacial score (nSPS) is 12.2. The molecule has 0 saturated carbocycles. The summed E-state index contributed by atoms with van der Waals surface area (Å²) < 4.78 is 0. The van der Waals surface area contributed by atoms with Crippen molar-refractivity contribution in [1.29, 1.82) is 0 Å². The first kappa shape index (κ1) is 10.1. The first-order valence-corrected chi connectivity index (χ1v) is 3.85. The van der Waals surface area contributed by atoms with Crippen LogP contribution in [0.15, 0.2) is 0 Å². The molecule has 0 aromatic heterocycles. The summed E-state index contributed by atoms with van der Waals surface area (Å²) in [5, 5.41) is 2.50. The second-order valence-corrected chi connectivity index (χ2v) is 2.51. The predicted molar refractivity (Wildman–Crippen MR) is 42.8 cm³/mol. The SMILES string of the molecule is CCCCC([C]=O)NC(C)=O. The third-order valence-electron chi connectivity index (χ3n) is 1.37. The van der Waals surface area contributed by atoms with E-state index >= 15 is 0 Å². The Kier molecular flexibility index (Phi) is 5.43. The molecular weight excluding hydrogens is 142 g/mol. The monoisotopic (exact) mass is 156 g/mol.